The first kappa shape index (κ1) is 32.0. The Morgan fingerprint density at radius 3 is 2.13 bits per heavy atom. The number of nitrogens with zero attached hydrogens (tertiary/aromatic N) is 2. The third kappa shape index (κ3) is 4.01. The molecule has 0 N–H and O–H groups in total. The van der Waals surface area contributed by atoms with Crippen LogP contribution in [0.25, 0.3) is 42.1 Å². The van der Waals surface area contributed by atoms with Crippen molar-refractivity contribution < 1.29 is 0 Å². The van der Waals surface area contributed by atoms with Crippen molar-refractivity contribution >= 4 is 88.5 Å². The van der Waals surface area contributed by atoms with Gasteiger partial charge in [0.25, 0.3) is 0 Å². The van der Waals surface area contributed by atoms with Gasteiger partial charge in [0.15, 0.2) is 0 Å². The molecule has 1 aliphatic carbocycles. The van der Waals surface area contributed by atoms with Crippen molar-refractivity contribution in [3.8, 4) is 11.1 Å². The summed E-state index contributed by atoms with van der Waals surface area (Å²) in [4.78, 5) is 5.44. The van der Waals surface area contributed by atoms with Crippen molar-refractivity contribution in [2.45, 2.75) is 70.6 Å². The number of fused-ring (bicyclic) bond motifs is 13. The van der Waals surface area contributed by atoms with E-state index in [0.717, 1.165) is 0 Å². The molecule has 12 rings (SSSR count). The number of thiophene rings is 1. The lowest BCUT2D eigenvalue weighted by Crippen LogP contribution is -2.62. The van der Waals surface area contributed by atoms with Gasteiger partial charge in [0.05, 0.1) is 21.8 Å². The Hall–Kier alpha value is -5.32. The van der Waals surface area contributed by atoms with E-state index in [4.69, 9.17) is 0 Å². The van der Waals surface area contributed by atoms with E-state index < -0.39 is 0 Å². The van der Waals surface area contributed by atoms with Crippen molar-refractivity contribution in [3.05, 3.63) is 150 Å². The summed E-state index contributed by atoms with van der Waals surface area (Å²) in [6.07, 6.45) is 2.39. The summed E-state index contributed by atoms with van der Waals surface area (Å²) in [6.45, 7) is 14.6. The summed E-state index contributed by atoms with van der Waals surface area (Å²) in [7, 11) is 0. The van der Waals surface area contributed by atoms with E-state index in [2.05, 4.69) is 179 Å². The van der Waals surface area contributed by atoms with Crippen LogP contribution >= 0.6 is 11.3 Å². The Kier molecular flexibility index (Phi) is 6.10. The van der Waals surface area contributed by atoms with E-state index in [1.807, 2.05) is 11.3 Å². The molecular weight excluding hydrogens is 683 g/mol. The Morgan fingerprint density at radius 1 is 0.545 bits per heavy atom. The van der Waals surface area contributed by atoms with Gasteiger partial charge >= 0.3 is 6.85 Å². The molecule has 4 heterocycles. The highest BCUT2D eigenvalue weighted by Crippen LogP contribution is 2.58. The number of benzene rings is 7. The van der Waals surface area contributed by atoms with Gasteiger partial charge in [-0.05, 0) is 98.1 Å². The lowest BCUT2D eigenvalue weighted by atomic mass is 9.42. The average Bonchev–Trinajstić information content (AvgIpc) is 3.58. The maximum Gasteiger partial charge on any atom is 0.333 e. The van der Waals surface area contributed by atoms with Gasteiger partial charge in [0, 0.05) is 43.2 Å². The van der Waals surface area contributed by atoms with Gasteiger partial charge in [0.1, 0.15) is 0 Å². The number of rotatable bonds is 1. The van der Waals surface area contributed by atoms with Crippen LogP contribution in [0, 0.1) is 0 Å². The molecule has 4 aliphatic rings. The van der Waals surface area contributed by atoms with Gasteiger partial charge in [-0.1, -0.05) is 139 Å². The predicted octanol–water partition coefficient (Wildman–Crippen LogP) is 12.9. The Morgan fingerprint density at radius 2 is 1.27 bits per heavy atom. The number of para-hydroxylation sites is 2. The molecule has 4 heteroatoms. The van der Waals surface area contributed by atoms with Crippen molar-refractivity contribution in [1.29, 1.82) is 0 Å². The molecule has 0 amide bonds. The quantitative estimate of drug-likeness (QED) is 0.155. The molecule has 7 aromatic carbocycles. The second-order valence-electron chi connectivity index (χ2n) is 18.3. The van der Waals surface area contributed by atoms with Crippen LogP contribution in [-0.2, 0) is 16.2 Å². The van der Waals surface area contributed by atoms with Gasteiger partial charge < -0.3 is 9.71 Å². The van der Waals surface area contributed by atoms with Gasteiger partial charge in [-0.2, -0.15) is 0 Å². The number of hydrogen-bond donors (Lipinski definition) is 0. The summed E-state index contributed by atoms with van der Waals surface area (Å²) in [5.74, 6) is 0. The van der Waals surface area contributed by atoms with Gasteiger partial charge in [-0.25, -0.2) is 0 Å². The van der Waals surface area contributed by atoms with Crippen LogP contribution in [0.1, 0.15) is 76.6 Å². The van der Waals surface area contributed by atoms with Crippen LogP contribution in [0.3, 0.4) is 0 Å². The normalized spacial score (nSPS) is 17.8. The predicted molar refractivity (Wildman–Crippen MR) is 238 cm³/mol. The fraction of sp³-hybridized carbons (Fsp3) is 0.216. The minimum absolute atomic E-state index is 0.0251. The van der Waals surface area contributed by atoms with Crippen LogP contribution in [0.5, 0.6) is 0 Å². The van der Waals surface area contributed by atoms with E-state index in [0.29, 0.717) is 0 Å². The fourth-order valence-electron chi connectivity index (χ4n) is 11.1. The van der Waals surface area contributed by atoms with E-state index >= 15 is 0 Å². The zero-order valence-electron chi connectivity index (χ0n) is 32.4. The SMILES string of the molecule is CC1(C)CCC(C)(C)c2cc(N3B4c5cccc6c5N(c5ccccc5C6(C)C)c5c4c(cc4ccccc54)-c4ccc5c(sc6ccccc65)c43)ccc21. The second kappa shape index (κ2) is 10.5. The molecule has 0 fully saturated rings. The van der Waals surface area contributed by atoms with E-state index in [-0.39, 0.29) is 23.1 Å². The molecule has 0 unspecified atom stereocenters. The summed E-state index contributed by atoms with van der Waals surface area (Å²) >= 11 is 1.96. The monoisotopic (exact) mass is 726 g/mol. The average molecular weight is 727 g/mol. The summed E-state index contributed by atoms with van der Waals surface area (Å²) in [5.41, 5.74) is 17.9. The molecule has 8 aromatic rings. The van der Waals surface area contributed by atoms with E-state index in [9.17, 15) is 0 Å². The summed E-state index contributed by atoms with van der Waals surface area (Å²) in [5, 5.41) is 5.28. The molecule has 0 saturated carbocycles. The molecule has 3 aliphatic heterocycles. The standard InChI is InChI=1S/C51H43BN2S/c1-49(2)26-27-50(3,4)40-29-31(22-25-37(40)49)54-46-34(23-24-35-33-16-9-12-21-43(33)55-48(35)46)36-28-30-14-7-8-15-32(30)45-44(36)52(54)41-19-13-18-39-47(41)53(45)42-20-11-10-17-38(42)51(39,5)6/h7-25,28-29H,26-27H2,1-6H3. The van der Waals surface area contributed by atoms with Gasteiger partial charge in [-0.3, -0.25) is 0 Å². The van der Waals surface area contributed by atoms with E-state index in [1.54, 1.807) is 0 Å². The Bertz CT molecular complexity index is 3000. The highest BCUT2D eigenvalue weighted by atomic mass is 32.1. The molecular formula is C51H43BN2S. The first-order chi connectivity index (χ1) is 26.5. The zero-order valence-corrected chi connectivity index (χ0v) is 33.2. The second-order valence-corrected chi connectivity index (χ2v) is 19.4. The maximum absolute atomic E-state index is 2.78. The minimum Gasteiger partial charge on any atom is -0.375 e. The van der Waals surface area contributed by atoms with Crippen molar-refractivity contribution in [1.82, 2.24) is 0 Å². The van der Waals surface area contributed by atoms with Crippen LogP contribution in [0.15, 0.2) is 127 Å². The van der Waals surface area contributed by atoms with Gasteiger partial charge in [0.2, 0.25) is 0 Å². The lowest BCUT2D eigenvalue weighted by molar-refractivity contribution is 0.332. The first-order valence-electron chi connectivity index (χ1n) is 20.0. The van der Waals surface area contributed by atoms with Crippen LogP contribution < -0.4 is 20.6 Å². The Balaban J connectivity index is 1.27. The smallest absolute Gasteiger partial charge is 0.333 e. The van der Waals surface area contributed by atoms with Crippen LogP contribution in [0.2, 0.25) is 0 Å². The molecule has 0 atom stereocenters. The van der Waals surface area contributed by atoms with Gasteiger partial charge in [-0.15, -0.1) is 11.3 Å². The molecule has 266 valence electrons. The summed E-state index contributed by atoms with van der Waals surface area (Å²) < 4.78 is 2.71. The molecule has 0 spiro atoms. The third-order valence-electron chi connectivity index (χ3n) is 14.1. The molecule has 1 aromatic heterocycles. The molecule has 2 nitrogen and oxygen atoms in total. The van der Waals surface area contributed by atoms with Crippen molar-refractivity contribution in [2.75, 3.05) is 9.71 Å². The van der Waals surface area contributed by atoms with Crippen LogP contribution in [-0.4, -0.2) is 6.85 Å². The maximum atomic E-state index is 2.78. The number of anilines is 5. The molecule has 55 heavy (non-hydrogen) atoms. The zero-order chi connectivity index (χ0) is 37.2. The highest BCUT2D eigenvalue weighted by molar-refractivity contribution is 7.26. The number of hydrogen-bond acceptors (Lipinski definition) is 3. The topological polar surface area (TPSA) is 6.48 Å². The van der Waals surface area contributed by atoms with E-state index in [1.165, 1.54) is 117 Å². The highest BCUT2D eigenvalue weighted by Gasteiger charge is 2.50. The fourth-order valence-corrected chi connectivity index (χ4v) is 12.4. The minimum atomic E-state index is -0.166. The largest absolute Gasteiger partial charge is 0.375 e. The molecule has 0 radical (unpaired) electrons. The first-order valence-corrected chi connectivity index (χ1v) is 20.8. The van der Waals surface area contributed by atoms with Crippen LogP contribution in [0.4, 0.5) is 28.4 Å². The Labute approximate surface area is 328 Å². The summed E-state index contributed by atoms with van der Waals surface area (Å²) in [6, 6.07) is 49.3. The van der Waals surface area contributed by atoms with Crippen molar-refractivity contribution in [3.63, 3.8) is 0 Å². The third-order valence-corrected chi connectivity index (χ3v) is 15.3. The van der Waals surface area contributed by atoms with Crippen molar-refractivity contribution in [2.24, 2.45) is 0 Å². The lowest BCUT2D eigenvalue weighted by Gasteiger charge is -2.51. The molecule has 0 saturated heterocycles. The molecule has 0 bridgehead atoms.